The molecule has 0 fully saturated rings. The number of hydrogen-bond acceptors (Lipinski definition) is 1. The van der Waals surface area contributed by atoms with Crippen LogP contribution >= 0.6 is 28.6 Å². The van der Waals surface area contributed by atoms with Gasteiger partial charge in [0.25, 0.3) is 0 Å². The van der Waals surface area contributed by atoms with E-state index in [1.54, 1.807) is 0 Å². The van der Waals surface area contributed by atoms with E-state index in [4.69, 9.17) is 0 Å². The smallest absolute Gasteiger partial charge is 0.0175 e. The Kier molecular flexibility index (Phi) is 4.96. The van der Waals surface area contributed by atoms with Crippen LogP contribution in [-0.4, -0.2) is 0 Å². The van der Waals surface area contributed by atoms with E-state index in [-0.39, 0.29) is 0 Å². The van der Waals surface area contributed by atoms with Crippen molar-refractivity contribution in [3.8, 4) is 33.4 Å². The lowest BCUT2D eigenvalue weighted by Crippen LogP contribution is -1.83. The third-order valence-electron chi connectivity index (χ3n) is 4.44. The number of rotatable bonds is 3. The molecular formula is C24H17BrS. The van der Waals surface area contributed by atoms with Gasteiger partial charge in [-0.3, -0.25) is 0 Å². The van der Waals surface area contributed by atoms with Gasteiger partial charge in [-0.2, -0.15) is 0 Å². The summed E-state index contributed by atoms with van der Waals surface area (Å²) in [6.45, 7) is 0. The van der Waals surface area contributed by atoms with Crippen LogP contribution < -0.4 is 0 Å². The fourth-order valence-electron chi connectivity index (χ4n) is 3.05. The SMILES string of the molecule is Sc1ccc(-c2cccc(-c3cccc(-c4ccc(Br)cc4)c3)c2)cc1. The molecule has 0 aromatic heterocycles. The van der Waals surface area contributed by atoms with Crippen LogP contribution in [0.4, 0.5) is 0 Å². The van der Waals surface area contributed by atoms with E-state index in [0.717, 1.165) is 9.37 Å². The van der Waals surface area contributed by atoms with Crippen LogP contribution in [0.15, 0.2) is 106 Å². The van der Waals surface area contributed by atoms with E-state index in [1.165, 1.54) is 33.4 Å². The molecule has 0 saturated carbocycles. The van der Waals surface area contributed by atoms with Crippen molar-refractivity contribution in [3.63, 3.8) is 0 Å². The molecule has 0 heterocycles. The molecular weight excluding hydrogens is 400 g/mol. The zero-order valence-corrected chi connectivity index (χ0v) is 16.5. The van der Waals surface area contributed by atoms with Crippen molar-refractivity contribution in [1.82, 2.24) is 0 Å². The van der Waals surface area contributed by atoms with Crippen LogP contribution in [0.3, 0.4) is 0 Å². The first-order chi connectivity index (χ1) is 12.7. The molecule has 0 aliphatic carbocycles. The molecule has 0 radical (unpaired) electrons. The van der Waals surface area contributed by atoms with Gasteiger partial charge in [0.05, 0.1) is 0 Å². The van der Waals surface area contributed by atoms with Crippen molar-refractivity contribution in [2.75, 3.05) is 0 Å². The van der Waals surface area contributed by atoms with Gasteiger partial charge >= 0.3 is 0 Å². The van der Waals surface area contributed by atoms with Crippen LogP contribution in [0.25, 0.3) is 33.4 Å². The van der Waals surface area contributed by atoms with Crippen molar-refractivity contribution < 1.29 is 0 Å². The van der Waals surface area contributed by atoms with Gasteiger partial charge in [-0.1, -0.05) is 76.6 Å². The average molecular weight is 417 g/mol. The number of halogens is 1. The van der Waals surface area contributed by atoms with E-state index >= 15 is 0 Å². The maximum Gasteiger partial charge on any atom is 0.0175 e. The minimum absolute atomic E-state index is 0.979. The molecule has 0 saturated heterocycles. The van der Waals surface area contributed by atoms with Crippen molar-refractivity contribution in [2.45, 2.75) is 4.90 Å². The first kappa shape index (κ1) is 17.1. The predicted octanol–water partition coefficient (Wildman–Crippen LogP) is 7.74. The maximum atomic E-state index is 4.37. The highest BCUT2D eigenvalue weighted by atomic mass is 79.9. The van der Waals surface area contributed by atoms with E-state index < -0.39 is 0 Å². The zero-order valence-electron chi connectivity index (χ0n) is 14.1. The highest BCUT2D eigenvalue weighted by Gasteiger charge is 2.04. The molecule has 0 atom stereocenters. The summed E-state index contributed by atoms with van der Waals surface area (Å²) in [7, 11) is 0. The Morgan fingerprint density at radius 1 is 0.462 bits per heavy atom. The highest BCUT2D eigenvalue weighted by molar-refractivity contribution is 9.10. The minimum atomic E-state index is 0.979. The zero-order chi connectivity index (χ0) is 17.9. The Morgan fingerprint density at radius 2 is 0.846 bits per heavy atom. The standard InChI is InChI=1S/C24H17BrS/c25-23-11-7-17(8-12-23)19-3-1-5-21(15-19)22-6-2-4-20(16-22)18-9-13-24(26)14-10-18/h1-16,26H. The molecule has 26 heavy (non-hydrogen) atoms. The van der Waals surface area contributed by atoms with Gasteiger partial charge in [0.2, 0.25) is 0 Å². The quantitative estimate of drug-likeness (QED) is 0.324. The third kappa shape index (κ3) is 3.77. The van der Waals surface area contributed by atoms with Gasteiger partial charge in [0, 0.05) is 9.37 Å². The molecule has 126 valence electrons. The maximum absolute atomic E-state index is 4.37. The average Bonchev–Trinajstić information content (AvgIpc) is 2.69. The van der Waals surface area contributed by atoms with Crippen LogP contribution in [-0.2, 0) is 0 Å². The molecule has 0 aliphatic heterocycles. The molecule has 4 aromatic rings. The monoisotopic (exact) mass is 416 g/mol. The number of thiol groups is 1. The Labute approximate surface area is 168 Å². The van der Waals surface area contributed by atoms with Crippen LogP contribution in [0.1, 0.15) is 0 Å². The summed E-state index contributed by atoms with van der Waals surface area (Å²) < 4.78 is 1.09. The molecule has 0 amide bonds. The van der Waals surface area contributed by atoms with E-state index in [0.29, 0.717) is 0 Å². The molecule has 0 spiro atoms. The fraction of sp³-hybridized carbons (Fsp3) is 0. The first-order valence-corrected chi connectivity index (χ1v) is 9.69. The second-order valence-corrected chi connectivity index (χ2v) is 7.65. The molecule has 0 nitrogen and oxygen atoms in total. The molecule has 4 rings (SSSR count). The Morgan fingerprint density at radius 3 is 1.31 bits per heavy atom. The third-order valence-corrected chi connectivity index (χ3v) is 5.26. The molecule has 4 aromatic carbocycles. The minimum Gasteiger partial charge on any atom is -0.143 e. The molecule has 0 unspecified atom stereocenters. The van der Waals surface area contributed by atoms with Gasteiger partial charge in [0.15, 0.2) is 0 Å². The van der Waals surface area contributed by atoms with Gasteiger partial charge in [-0.15, -0.1) is 12.6 Å². The summed E-state index contributed by atoms with van der Waals surface area (Å²) >= 11 is 7.87. The molecule has 0 bridgehead atoms. The van der Waals surface area contributed by atoms with Gasteiger partial charge in [-0.25, -0.2) is 0 Å². The lowest BCUT2D eigenvalue weighted by Gasteiger charge is -2.09. The molecule has 0 aliphatic rings. The lowest BCUT2D eigenvalue weighted by molar-refractivity contribution is 1.47. The topological polar surface area (TPSA) is 0 Å². The molecule has 2 heteroatoms. The summed E-state index contributed by atoms with van der Waals surface area (Å²) in [6.07, 6.45) is 0. The van der Waals surface area contributed by atoms with Crippen LogP contribution in [0, 0.1) is 0 Å². The van der Waals surface area contributed by atoms with Crippen LogP contribution in [0.2, 0.25) is 0 Å². The first-order valence-electron chi connectivity index (χ1n) is 8.45. The number of benzene rings is 4. The Hall–Kier alpha value is -2.29. The Bertz CT molecular complexity index is 947. The van der Waals surface area contributed by atoms with Crippen molar-refractivity contribution >= 4 is 28.6 Å². The fourth-order valence-corrected chi connectivity index (χ4v) is 3.47. The second kappa shape index (κ2) is 7.53. The summed E-state index contributed by atoms with van der Waals surface area (Å²) in [5, 5.41) is 0. The molecule has 0 N–H and O–H groups in total. The number of hydrogen-bond donors (Lipinski definition) is 1. The van der Waals surface area contributed by atoms with Gasteiger partial charge in [-0.05, 0) is 69.8 Å². The largest absolute Gasteiger partial charge is 0.143 e. The van der Waals surface area contributed by atoms with E-state index in [9.17, 15) is 0 Å². The highest BCUT2D eigenvalue weighted by Crippen LogP contribution is 2.30. The lowest BCUT2D eigenvalue weighted by atomic mass is 9.96. The summed E-state index contributed by atoms with van der Waals surface area (Å²) in [5.74, 6) is 0. The van der Waals surface area contributed by atoms with Crippen LogP contribution in [0.5, 0.6) is 0 Å². The predicted molar refractivity (Wildman–Crippen MR) is 118 cm³/mol. The summed E-state index contributed by atoms with van der Waals surface area (Å²) in [6, 6.07) is 34.1. The van der Waals surface area contributed by atoms with Crippen molar-refractivity contribution in [2.24, 2.45) is 0 Å². The summed E-state index contributed by atoms with van der Waals surface area (Å²) in [4.78, 5) is 0.979. The normalized spacial score (nSPS) is 10.7. The van der Waals surface area contributed by atoms with Gasteiger partial charge in [0.1, 0.15) is 0 Å². The van der Waals surface area contributed by atoms with E-state index in [1.807, 2.05) is 12.1 Å². The van der Waals surface area contributed by atoms with Gasteiger partial charge < -0.3 is 0 Å². The van der Waals surface area contributed by atoms with Crippen molar-refractivity contribution in [1.29, 1.82) is 0 Å². The Balaban J connectivity index is 1.72. The second-order valence-electron chi connectivity index (χ2n) is 6.22. The summed E-state index contributed by atoms with van der Waals surface area (Å²) in [5.41, 5.74) is 7.29. The van der Waals surface area contributed by atoms with Crippen molar-refractivity contribution in [3.05, 3.63) is 102 Å². The van der Waals surface area contributed by atoms with E-state index in [2.05, 4.69) is 113 Å².